The summed E-state index contributed by atoms with van der Waals surface area (Å²) in [4.78, 5) is 0. The van der Waals surface area contributed by atoms with Crippen LogP contribution in [-0.4, -0.2) is 0 Å². The molecule has 124 valence electrons. The Kier molecular flexibility index (Phi) is 4.62. The minimum atomic E-state index is 0.246. The van der Waals surface area contributed by atoms with Gasteiger partial charge in [0.05, 0.1) is 6.04 Å². The van der Waals surface area contributed by atoms with Crippen LogP contribution in [0.3, 0.4) is 0 Å². The molecule has 0 amide bonds. The molecule has 1 atom stereocenters. The quantitative estimate of drug-likeness (QED) is 0.725. The average molecular weight is 317 g/mol. The fourth-order valence-corrected chi connectivity index (χ4v) is 3.47. The van der Waals surface area contributed by atoms with Gasteiger partial charge in [-0.1, -0.05) is 73.5 Å². The zero-order chi connectivity index (χ0) is 17.3. The Morgan fingerprint density at radius 1 is 0.917 bits per heavy atom. The maximum absolute atomic E-state index is 3.62. The Labute approximate surface area is 146 Å². The van der Waals surface area contributed by atoms with Crippen LogP contribution in [-0.2, 0) is 0 Å². The fraction of sp³-hybridized carbons (Fsp3) is 0.304. The zero-order valence-corrected chi connectivity index (χ0v) is 15.4. The third-order valence-corrected chi connectivity index (χ3v) is 4.78. The molecule has 1 aliphatic rings. The van der Waals surface area contributed by atoms with Crippen molar-refractivity contribution in [1.29, 1.82) is 0 Å². The van der Waals surface area contributed by atoms with E-state index in [9.17, 15) is 0 Å². The topological polar surface area (TPSA) is 12.0 Å². The van der Waals surface area contributed by atoms with Crippen LogP contribution in [0.25, 0.3) is 5.57 Å². The first-order chi connectivity index (χ1) is 11.5. The average Bonchev–Trinajstić information content (AvgIpc) is 2.54. The second-order valence-electron chi connectivity index (χ2n) is 7.21. The molecule has 24 heavy (non-hydrogen) atoms. The molecule has 1 heteroatoms. The molecule has 0 fully saturated rings. The Balaban J connectivity index is 1.95. The van der Waals surface area contributed by atoms with Crippen molar-refractivity contribution in [2.75, 3.05) is 0 Å². The van der Waals surface area contributed by atoms with Crippen LogP contribution in [0, 0.1) is 13.8 Å². The number of nitrogens with one attached hydrogen (secondary N) is 1. The molecule has 0 saturated carbocycles. The monoisotopic (exact) mass is 317 g/mol. The predicted molar refractivity (Wildman–Crippen MR) is 104 cm³/mol. The molecule has 1 nitrogen and oxygen atoms in total. The van der Waals surface area contributed by atoms with E-state index in [2.05, 4.69) is 94.7 Å². The highest BCUT2D eigenvalue weighted by Crippen LogP contribution is 2.33. The number of benzene rings is 2. The zero-order valence-electron chi connectivity index (χ0n) is 15.4. The Bertz CT molecular complexity index is 809. The normalized spacial score (nSPS) is 17.3. The van der Waals surface area contributed by atoms with Crippen LogP contribution in [0.4, 0.5) is 0 Å². The lowest BCUT2D eigenvalue weighted by Crippen LogP contribution is -2.20. The van der Waals surface area contributed by atoms with E-state index >= 15 is 0 Å². The summed E-state index contributed by atoms with van der Waals surface area (Å²) in [6.45, 7) is 11.1. The molecule has 1 N–H and O–H groups in total. The lowest BCUT2D eigenvalue weighted by atomic mass is 9.87. The smallest absolute Gasteiger partial charge is 0.0701 e. The Morgan fingerprint density at radius 2 is 1.67 bits per heavy atom. The fourth-order valence-electron chi connectivity index (χ4n) is 3.47. The Hall–Kier alpha value is -2.28. The van der Waals surface area contributed by atoms with Gasteiger partial charge in [0, 0.05) is 11.8 Å². The molecule has 0 bridgehead atoms. The minimum Gasteiger partial charge on any atom is -0.380 e. The van der Waals surface area contributed by atoms with Crippen molar-refractivity contribution in [3.8, 4) is 0 Å². The molecule has 1 unspecified atom stereocenters. The van der Waals surface area contributed by atoms with Crippen molar-refractivity contribution >= 4 is 5.57 Å². The summed E-state index contributed by atoms with van der Waals surface area (Å²) in [6, 6.07) is 15.8. The predicted octanol–water partition coefficient (Wildman–Crippen LogP) is 6.06. The summed E-state index contributed by atoms with van der Waals surface area (Å²) < 4.78 is 0. The molecule has 0 aromatic heterocycles. The number of hydrogen-bond acceptors (Lipinski definition) is 1. The van der Waals surface area contributed by atoms with Gasteiger partial charge in [0.15, 0.2) is 0 Å². The maximum Gasteiger partial charge on any atom is 0.0701 e. The van der Waals surface area contributed by atoms with Crippen molar-refractivity contribution in [2.24, 2.45) is 0 Å². The van der Waals surface area contributed by atoms with Crippen LogP contribution in [0.1, 0.15) is 60.5 Å². The van der Waals surface area contributed by atoms with Gasteiger partial charge < -0.3 is 5.32 Å². The van der Waals surface area contributed by atoms with Crippen molar-refractivity contribution in [2.45, 2.75) is 46.6 Å². The molecule has 2 aromatic carbocycles. The lowest BCUT2D eigenvalue weighted by molar-refractivity contribution is 0.715. The van der Waals surface area contributed by atoms with E-state index < -0.39 is 0 Å². The van der Waals surface area contributed by atoms with Gasteiger partial charge in [0.2, 0.25) is 0 Å². The first kappa shape index (κ1) is 16.6. The highest BCUT2D eigenvalue weighted by molar-refractivity contribution is 5.79. The number of rotatable bonds is 3. The van der Waals surface area contributed by atoms with Gasteiger partial charge in [0.1, 0.15) is 0 Å². The van der Waals surface area contributed by atoms with Crippen molar-refractivity contribution < 1.29 is 0 Å². The molecule has 1 heterocycles. The molecule has 1 aliphatic heterocycles. The molecule has 3 rings (SSSR count). The molecule has 0 spiro atoms. The van der Waals surface area contributed by atoms with Gasteiger partial charge in [-0.15, -0.1) is 0 Å². The SMILES string of the molecule is CC1=CC(c2cc(C)ccc2C(C)C)NC=C1c1cccc(C)c1. The van der Waals surface area contributed by atoms with E-state index in [1.807, 2.05) is 0 Å². The molecular formula is C23H27N. The first-order valence-corrected chi connectivity index (χ1v) is 8.78. The summed E-state index contributed by atoms with van der Waals surface area (Å²) in [6.07, 6.45) is 4.54. The van der Waals surface area contributed by atoms with E-state index in [1.165, 1.54) is 39.0 Å². The van der Waals surface area contributed by atoms with Crippen LogP contribution in [0.2, 0.25) is 0 Å². The summed E-state index contributed by atoms with van der Waals surface area (Å²) in [5.74, 6) is 0.526. The van der Waals surface area contributed by atoms with Gasteiger partial charge >= 0.3 is 0 Å². The molecule has 0 saturated heterocycles. The van der Waals surface area contributed by atoms with E-state index in [0.29, 0.717) is 5.92 Å². The van der Waals surface area contributed by atoms with Crippen molar-refractivity contribution in [1.82, 2.24) is 5.32 Å². The minimum absolute atomic E-state index is 0.246. The van der Waals surface area contributed by atoms with Crippen molar-refractivity contribution in [3.05, 3.63) is 88.1 Å². The number of hydrogen-bond donors (Lipinski definition) is 1. The first-order valence-electron chi connectivity index (χ1n) is 8.78. The molecule has 0 radical (unpaired) electrons. The standard InChI is InChI=1S/C23H27N/c1-15(2)20-10-9-17(4)12-21(20)23-13-18(5)22(14-24-23)19-8-6-7-16(3)11-19/h6-15,23-24H,1-5H3. The largest absolute Gasteiger partial charge is 0.380 e. The van der Waals surface area contributed by atoms with E-state index in [4.69, 9.17) is 0 Å². The van der Waals surface area contributed by atoms with E-state index in [0.717, 1.165) is 0 Å². The summed E-state index contributed by atoms with van der Waals surface area (Å²) in [5, 5.41) is 3.62. The van der Waals surface area contributed by atoms with Gasteiger partial charge in [-0.25, -0.2) is 0 Å². The summed E-state index contributed by atoms with van der Waals surface area (Å²) in [5.41, 5.74) is 9.33. The summed E-state index contributed by atoms with van der Waals surface area (Å²) >= 11 is 0. The van der Waals surface area contributed by atoms with Crippen molar-refractivity contribution in [3.63, 3.8) is 0 Å². The molecular weight excluding hydrogens is 290 g/mol. The molecule has 2 aromatic rings. The summed E-state index contributed by atoms with van der Waals surface area (Å²) in [7, 11) is 0. The third-order valence-electron chi connectivity index (χ3n) is 4.78. The second kappa shape index (κ2) is 6.68. The third kappa shape index (κ3) is 3.31. The van der Waals surface area contributed by atoms with Gasteiger partial charge in [-0.2, -0.15) is 0 Å². The van der Waals surface area contributed by atoms with Crippen LogP contribution < -0.4 is 5.32 Å². The van der Waals surface area contributed by atoms with Gasteiger partial charge in [0.25, 0.3) is 0 Å². The van der Waals surface area contributed by atoms with Gasteiger partial charge in [-0.05, 0) is 49.0 Å². The van der Waals surface area contributed by atoms with Crippen LogP contribution >= 0.6 is 0 Å². The van der Waals surface area contributed by atoms with Crippen LogP contribution in [0.5, 0.6) is 0 Å². The van der Waals surface area contributed by atoms with E-state index in [-0.39, 0.29) is 6.04 Å². The van der Waals surface area contributed by atoms with Crippen LogP contribution in [0.15, 0.2) is 60.3 Å². The highest BCUT2D eigenvalue weighted by atomic mass is 14.9. The number of allylic oxidation sites excluding steroid dienone is 2. The number of dihydropyridines is 1. The highest BCUT2D eigenvalue weighted by Gasteiger charge is 2.19. The molecule has 0 aliphatic carbocycles. The number of aryl methyl sites for hydroxylation is 2. The van der Waals surface area contributed by atoms with E-state index in [1.54, 1.807) is 0 Å². The maximum atomic E-state index is 3.62. The lowest BCUT2D eigenvalue weighted by Gasteiger charge is -2.26. The second-order valence-corrected chi connectivity index (χ2v) is 7.21. The Morgan fingerprint density at radius 3 is 2.33 bits per heavy atom. The van der Waals surface area contributed by atoms with Gasteiger partial charge in [-0.3, -0.25) is 0 Å².